The molecule has 0 unspecified atom stereocenters. The molecule has 0 amide bonds. The Labute approximate surface area is 92.0 Å². The van der Waals surface area contributed by atoms with Gasteiger partial charge in [-0.2, -0.15) is 0 Å². The van der Waals surface area contributed by atoms with Crippen molar-refractivity contribution in [1.29, 1.82) is 0 Å². The van der Waals surface area contributed by atoms with E-state index in [4.69, 9.17) is 16.7 Å². The molecule has 1 aromatic rings. The Morgan fingerprint density at radius 1 is 1.27 bits per heavy atom. The van der Waals surface area contributed by atoms with Crippen molar-refractivity contribution in [3.8, 4) is 5.75 Å². The number of phenols is 1. The Hall–Kier alpha value is -1.61. The van der Waals surface area contributed by atoms with E-state index in [0.717, 1.165) is 0 Å². The molecule has 0 heterocycles. The fraction of sp³-hybridized carbons (Fsp3) is 0.0909. The van der Waals surface area contributed by atoms with Gasteiger partial charge >= 0.3 is 0 Å². The molecule has 3 nitrogen and oxygen atoms in total. The molecular weight excluding hydrogens is 216 g/mol. The van der Waals surface area contributed by atoms with Gasteiger partial charge in [0.15, 0.2) is 5.78 Å². The van der Waals surface area contributed by atoms with Gasteiger partial charge in [0.1, 0.15) is 5.75 Å². The van der Waals surface area contributed by atoms with Crippen LogP contribution >= 0.6 is 11.6 Å². The first-order valence-corrected chi connectivity index (χ1v) is 4.60. The lowest BCUT2D eigenvalue weighted by atomic mass is 10.1. The summed E-state index contributed by atoms with van der Waals surface area (Å²) in [4.78, 5) is 21.9. The van der Waals surface area contributed by atoms with Crippen LogP contribution in [0.4, 0.5) is 0 Å². The van der Waals surface area contributed by atoms with Crippen LogP contribution in [-0.2, 0) is 9.59 Å². The van der Waals surface area contributed by atoms with Crippen molar-refractivity contribution in [3.63, 3.8) is 0 Å². The number of allylic oxidation sites excluding steroid dienone is 1. The fourth-order valence-electron chi connectivity index (χ4n) is 1.03. The monoisotopic (exact) mass is 224 g/mol. The van der Waals surface area contributed by atoms with Gasteiger partial charge in [-0.3, -0.25) is 9.59 Å². The predicted molar refractivity (Wildman–Crippen MR) is 57.6 cm³/mol. The number of halogens is 1. The number of carbonyl (C=O) groups excluding carboxylic acids is 2. The third-order valence-electron chi connectivity index (χ3n) is 1.80. The summed E-state index contributed by atoms with van der Waals surface area (Å²) in [5, 5.41) is 8.25. The molecule has 0 fully saturated rings. The largest absolute Gasteiger partial charge is 0.508 e. The Balaban J connectivity index is 3.08. The summed E-state index contributed by atoms with van der Waals surface area (Å²) in [5.41, 5.74) is 0.564. The lowest BCUT2D eigenvalue weighted by molar-refractivity contribution is -0.116. The van der Waals surface area contributed by atoms with Crippen molar-refractivity contribution in [3.05, 3.63) is 35.4 Å². The molecule has 0 aliphatic carbocycles. The van der Waals surface area contributed by atoms with Gasteiger partial charge in [-0.05, 0) is 42.3 Å². The lowest BCUT2D eigenvalue weighted by Gasteiger charge is -1.98. The summed E-state index contributed by atoms with van der Waals surface area (Å²) in [6.07, 6.45) is 1.39. The zero-order chi connectivity index (χ0) is 11.4. The van der Waals surface area contributed by atoms with E-state index in [1.165, 1.54) is 25.1 Å². The van der Waals surface area contributed by atoms with Crippen LogP contribution in [0.3, 0.4) is 0 Å². The second kappa shape index (κ2) is 4.75. The number of hydrogen-bond donors (Lipinski definition) is 1. The van der Waals surface area contributed by atoms with Gasteiger partial charge in [0.05, 0.1) is 5.57 Å². The molecule has 78 valence electrons. The maximum Gasteiger partial charge on any atom is 0.255 e. The first-order valence-electron chi connectivity index (χ1n) is 4.22. The number of rotatable bonds is 3. The van der Waals surface area contributed by atoms with Gasteiger partial charge < -0.3 is 5.11 Å². The first kappa shape index (κ1) is 11.5. The van der Waals surface area contributed by atoms with E-state index in [1.54, 1.807) is 12.1 Å². The molecule has 4 heteroatoms. The molecule has 0 spiro atoms. The van der Waals surface area contributed by atoms with Crippen LogP contribution in [0.2, 0.25) is 0 Å². The highest BCUT2D eigenvalue weighted by Crippen LogP contribution is 2.14. The smallest absolute Gasteiger partial charge is 0.255 e. The SMILES string of the molecule is CC(=O)/C(=C\c1ccc(O)cc1)C(=O)Cl. The zero-order valence-corrected chi connectivity index (χ0v) is 8.78. The van der Waals surface area contributed by atoms with Crippen LogP contribution < -0.4 is 0 Å². The molecular formula is C11H9ClO3. The summed E-state index contributed by atoms with van der Waals surface area (Å²) < 4.78 is 0. The minimum Gasteiger partial charge on any atom is -0.508 e. The van der Waals surface area contributed by atoms with Crippen LogP contribution in [0.5, 0.6) is 5.75 Å². The van der Waals surface area contributed by atoms with Crippen LogP contribution in [0.1, 0.15) is 12.5 Å². The quantitative estimate of drug-likeness (QED) is 0.370. The topological polar surface area (TPSA) is 54.4 Å². The Bertz CT molecular complexity index is 402. The van der Waals surface area contributed by atoms with E-state index in [0.29, 0.717) is 5.56 Å². The number of hydrogen-bond acceptors (Lipinski definition) is 3. The van der Waals surface area contributed by atoms with Crippen molar-refractivity contribution in [1.82, 2.24) is 0 Å². The zero-order valence-electron chi connectivity index (χ0n) is 8.03. The maximum absolute atomic E-state index is 11.0. The van der Waals surface area contributed by atoms with Crippen LogP contribution in [0, 0.1) is 0 Å². The minimum absolute atomic E-state index is 0.0673. The molecule has 0 aliphatic rings. The highest BCUT2D eigenvalue weighted by molar-refractivity contribution is 6.71. The van der Waals surface area contributed by atoms with E-state index < -0.39 is 5.24 Å². The summed E-state index contributed by atoms with van der Waals surface area (Å²) in [6, 6.07) is 6.08. The fourth-order valence-corrected chi connectivity index (χ4v) is 1.22. The number of phenolic OH excluding ortho intramolecular Hbond substituents is 1. The van der Waals surface area contributed by atoms with E-state index >= 15 is 0 Å². The number of benzene rings is 1. The molecule has 0 atom stereocenters. The van der Waals surface area contributed by atoms with E-state index in [9.17, 15) is 9.59 Å². The second-order valence-corrected chi connectivity index (χ2v) is 3.32. The van der Waals surface area contributed by atoms with Crippen molar-refractivity contribution in [2.45, 2.75) is 6.92 Å². The summed E-state index contributed by atoms with van der Waals surface area (Å²) in [7, 11) is 0. The average molecular weight is 225 g/mol. The number of aromatic hydroxyl groups is 1. The minimum atomic E-state index is -0.782. The van der Waals surface area contributed by atoms with Crippen molar-refractivity contribution in [2.75, 3.05) is 0 Å². The summed E-state index contributed by atoms with van der Waals surface area (Å²) in [5.74, 6) is -0.267. The second-order valence-electron chi connectivity index (χ2n) is 2.98. The van der Waals surface area contributed by atoms with Crippen molar-refractivity contribution >= 4 is 28.7 Å². The van der Waals surface area contributed by atoms with Gasteiger partial charge in [-0.25, -0.2) is 0 Å². The Morgan fingerprint density at radius 2 is 1.80 bits per heavy atom. The molecule has 0 saturated heterocycles. The number of carbonyl (C=O) groups is 2. The number of Topliss-reactive ketones (excluding diaryl/α,β-unsaturated/α-hetero) is 1. The van der Waals surface area contributed by atoms with Gasteiger partial charge in [-0.15, -0.1) is 0 Å². The third-order valence-corrected chi connectivity index (χ3v) is 2.00. The molecule has 0 saturated carbocycles. The predicted octanol–water partition coefficient (Wildman–Crippen LogP) is 2.13. The van der Waals surface area contributed by atoms with E-state index in [2.05, 4.69) is 0 Å². The Kier molecular flexibility index (Phi) is 3.63. The van der Waals surface area contributed by atoms with Crippen molar-refractivity contribution in [2.24, 2.45) is 0 Å². The normalized spacial score (nSPS) is 11.2. The van der Waals surface area contributed by atoms with Crippen LogP contribution in [-0.4, -0.2) is 16.1 Å². The van der Waals surface area contributed by atoms with Gasteiger partial charge in [0.2, 0.25) is 0 Å². The molecule has 0 radical (unpaired) electrons. The van der Waals surface area contributed by atoms with Gasteiger partial charge in [0, 0.05) is 0 Å². The standard InChI is InChI=1S/C11H9ClO3/c1-7(13)10(11(12)15)6-8-2-4-9(14)5-3-8/h2-6,14H,1H3/b10-6+. The summed E-state index contributed by atoms with van der Waals surface area (Å²) in [6.45, 7) is 1.27. The Morgan fingerprint density at radius 3 is 2.20 bits per heavy atom. The molecule has 0 bridgehead atoms. The molecule has 0 aromatic heterocycles. The van der Waals surface area contributed by atoms with Crippen LogP contribution in [0.25, 0.3) is 6.08 Å². The highest BCUT2D eigenvalue weighted by atomic mass is 35.5. The number of ketones is 1. The molecule has 1 N–H and O–H groups in total. The van der Waals surface area contributed by atoms with Gasteiger partial charge in [0.25, 0.3) is 5.24 Å². The maximum atomic E-state index is 11.0. The molecule has 1 rings (SSSR count). The van der Waals surface area contributed by atoms with Crippen molar-refractivity contribution < 1.29 is 14.7 Å². The van der Waals surface area contributed by atoms with Gasteiger partial charge in [-0.1, -0.05) is 12.1 Å². The average Bonchev–Trinajstić information content (AvgIpc) is 2.15. The molecule has 1 aromatic carbocycles. The lowest BCUT2D eigenvalue weighted by Crippen LogP contribution is -2.03. The van der Waals surface area contributed by atoms with E-state index in [1.807, 2.05) is 0 Å². The summed E-state index contributed by atoms with van der Waals surface area (Å²) >= 11 is 5.24. The molecule has 15 heavy (non-hydrogen) atoms. The van der Waals surface area contributed by atoms with Crippen LogP contribution in [0.15, 0.2) is 29.8 Å². The third kappa shape index (κ3) is 3.22. The van der Waals surface area contributed by atoms with E-state index in [-0.39, 0.29) is 17.1 Å². The molecule has 0 aliphatic heterocycles. The highest BCUT2D eigenvalue weighted by Gasteiger charge is 2.11. The first-order chi connectivity index (χ1) is 7.00.